The van der Waals surface area contributed by atoms with Crippen molar-refractivity contribution in [2.75, 3.05) is 0 Å². The first kappa shape index (κ1) is 32.3. The molecule has 51 heavy (non-hydrogen) atoms. The Kier molecular flexibility index (Phi) is 8.93. The van der Waals surface area contributed by atoms with Gasteiger partial charge in [0.2, 0.25) is 0 Å². The van der Waals surface area contributed by atoms with Crippen LogP contribution in [-0.4, -0.2) is 11.8 Å². The Bertz CT molecular complexity index is 2560. The summed E-state index contributed by atoms with van der Waals surface area (Å²) in [4.78, 5) is 5.56. The molecule has 3 unspecified atom stereocenters. The molecule has 0 saturated carbocycles. The highest BCUT2D eigenvalue weighted by Gasteiger charge is 2.21. The van der Waals surface area contributed by atoms with Crippen molar-refractivity contribution in [1.82, 2.24) is 5.32 Å². The summed E-state index contributed by atoms with van der Waals surface area (Å²) in [5.41, 5.74) is 10.3. The first-order valence-electron chi connectivity index (χ1n) is 18.0. The van der Waals surface area contributed by atoms with Crippen LogP contribution >= 0.6 is 0 Å². The van der Waals surface area contributed by atoms with E-state index in [2.05, 4.69) is 183 Å². The molecule has 0 bridgehead atoms. The van der Waals surface area contributed by atoms with Crippen molar-refractivity contribution >= 4 is 54.4 Å². The summed E-state index contributed by atoms with van der Waals surface area (Å²) < 4.78 is 0. The van der Waals surface area contributed by atoms with Crippen molar-refractivity contribution in [3.05, 3.63) is 192 Å². The van der Waals surface area contributed by atoms with Gasteiger partial charge in [-0.05, 0) is 129 Å². The molecule has 7 aromatic carbocycles. The van der Waals surface area contributed by atoms with E-state index in [-0.39, 0.29) is 6.04 Å². The Hall–Kier alpha value is -5.95. The highest BCUT2D eigenvalue weighted by molar-refractivity contribution is 6.24. The maximum Gasteiger partial charge on any atom is 0.0728 e. The zero-order chi connectivity index (χ0) is 34.7. The second kappa shape index (κ2) is 14.1. The number of hydrogen-bond acceptors (Lipinski definition) is 2. The first-order valence-corrected chi connectivity index (χ1v) is 18.0. The molecule has 0 spiro atoms. The minimum absolute atomic E-state index is 0.0478. The number of benzene rings is 7. The van der Waals surface area contributed by atoms with Gasteiger partial charge in [-0.2, -0.15) is 0 Å². The van der Waals surface area contributed by atoms with E-state index in [9.17, 15) is 0 Å². The van der Waals surface area contributed by atoms with Crippen molar-refractivity contribution in [2.45, 2.75) is 39.3 Å². The summed E-state index contributed by atoms with van der Waals surface area (Å²) >= 11 is 0. The van der Waals surface area contributed by atoms with Gasteiger partial charge >= 0.3 is 0 Å². The van der Waals surface area contributed by atoms with Crippen molar-refractivity contribution in [3.8, 4) is 0 Å². The van der Waals surface area contributed by atoms with E-state index in [4.69, 9.17) is 4.99 Å². The molecule has 1 aliphatic rings. The van der Waals surface area contributed by atoms with Crippen LogP contribution in [0.4, 0.5) is 0 Å². The number of fused-ring (bicyclic) bond motifs is 6. The normalized spacial score (nSPS) is 16.8. The quantitative estimate of drug-likeness (QED) is 0.0981. The molecule has 248 valence electrons. The van der Waals surface area contributed by atoms with Gasteiger partial charge in [0.15, 0.2) is 0 Å². The van der Waals surface area contributed by atoms with E-state index in [1.807, 2.05) is 13.0 Å². The van der Waals surface area contributed by atoms with Gasteiger partial charge in [0.1, 0.15) is 0 Å². The second-order valence-corrected chi connectivity index (χ2v) is 13.7. The Morgan fingerprint density at radius 3 is 1.88 bits per heavy atom. The Morgan fingerprint density at radius 2 is 1.25 bits per heavy atom. The number of nitrogens with zero attached hydrogens (tertiary/aromatic N) is 1. The summed E-state index contributed by atoms with van der Waals surface area (Å²) in [6, 6.07) is 48.9. The first-order chi connectivity index (χ1) is 25.1. The van der Waals surface area contributed by atoms with Crippen molar-refractivity contribution in [1.29, 1.82) is 0 Å². The lowest BCUT2D eigenvalue weighted by atomic mass is 9.91. The molecular weight excluding hydrogens is 617 g/mol. The lowest BCUT2D eigenvalue weighted by Crippen LogP contribution is -2.28. The monoisotopic (exact) mass is 658 g/mol. The molecule has 8 rings (SSSR count). The number of rotatable bonds is 8. The molecule has 0 aliphatic carbocycles. The molecular formula is C49H42N2. The minimum Gasteiger partial charge on any atom is -0.387 e. The van der Waals surface area contributed by atoms with E-state index < -0.39 is 0 Å². The summed E-state index contributed by atoms with van der Waals surface area (Å²) in [6.45, 7) is 6.46. The zero-order valence-electron chi connectivity index (χ0n) is 29.5. The van der Waals surface area contributed by atoms with Crippen LogP contribution in [0.25, 0.3) is 48.7 Å². The zero-order valence-corrected chi connectivity index (χ0v) is 29.5. The average Bonchev–Trinajstić information content (AvgIpc) is 3.62. The van der Waals surface area contributed by atoms with Crippen molar-refractivity contribution < 1.29 is 0 Å². The smallest absolute Gasteiger partial charge is 0.0728 e. The predicted molar refractivity (Wildman–Crippen MR) is 220 cm³/mol. The summed E-state index contributed by atoms with van der Waals surface area (Å²) in [5.74, 6) is 0.346. The van der Waals surface area contributed by atoms with Crippen molar-refractivity contribution in [3.63, 3.8) is 0 Å². The fourth-order valence-electron chi connectivity index (χ4n) is 7.69. The fraction of sp³-hybridized carbons (Fsp3) is 0.143. The van der Waals surface area contributed by atoms with Gasteiger partial charge in [-0.3, -0.25) is 4.99 Å². The Labute approximate surface area is 300 Å². The van der Waals surface area contributed by atoms with Gasteiger partial charge in [0, 0.05) is 17.5 Å². The maximum atomic E-state index is 5.56. The van der Waals surface area contributed by atoms with Crippen LogP contribution < -0.4 is 5.32 Å². The molecule has 0 saturated heterocycles. The summed E-state index contributed by atoms with van der Waals surface area (Å²) in [6.07, 6.45) is 11.7. The highest BCUT2D eigenvalue weighted by atomic mass is 14.9. The minimum atomic E-state index is -0.0478. The Morgan fingerprint density at radius 1 is 0.706 bits per heavy atom. The van der Waals surface area contributed by atoms with E-state index in [1.54, 1.807) is 0 Å². The van der Waals surface area contributed by atoms with Crippen LogP contribution in [0.5, 0.6) is 0 Å². The van der Waals surface area contributed by atoms with Gasteiger partial charge in [-0.15, -0.1) is 5.73 Å². The lowest BCUT2D eigenvalue weighted by Gasteiger charge is -2.18. The predicted octanol–water partition coefficient (Wildman–Crippen LogP) is 12.3. The molecule has 0 aromatic heterocycles. The Balaban J connectivity index is 1.23. The fourth-order valence-corrected chi connectivity index (χ4v) is 7.69. The van der Waals surface area contributed by atoms with Gasteiger partial charge in [-0.1, -0.05) is 127 Å². The van der Waals surface area contributed by atoms with Gasteiger partial charge in [0.05, 0.1) is 11.8 Å². The maximum absolute atomic E-state index is 5.56. The molecule has 2 heteroatoms. The van der Waals surface area contributed by atoms with Crippen LogP contribution in [0, 0.1) is 5.92 Å². The van der Waals surface area contributed by atoms with Crippen LogP contribution in [0.3, 0.4) is 0 Å². The topological polar surface area (TPSA) is 24.4 Å². The highest BCUT2D eigenvalue weighted by Crippen LogP contribution is 2.35. The molecule has 1 N–H and O–H groups in total. The van der Waals surface area contributed by atoms with Crippen LogP contribution in [-0.2, 0) is 6.42 Å². The molecule has 0 amide bonds. The van der Waals surface area contributed by atoms with Gasteiger partial charge < -0.3 is 5.32 Å². The van der Waals surface area contributed by atoms with E-state index in [0.29, 0.717) is 12.0 Å². The third-order valence-electron chi connectivity index (χ3n) is 10.4. The third-order valence-corrected chi connectivity index (χ3v) is 10.4. The van der Waals surface area contributed by atoms with Gasteiger partial charge in [0.25, 0.3) is 0 Å². The van der Waals surface area contributed by atoms with Gasteiger partial charge in [-0.25, -0.2) is 0 Å². The van der Waals surface area contributed by atoms with Crippen molar-refractivity contribution in [2.24, 2.45) is 10.9 Å². The molecule has 0 radical (unpaired) electrons. The number of allylic oxidation sites excluding steroid dienone is 2. The molecule has 1 aliphatic heterocycles. The molecule has 1 heterocycles. The van der Waals surface area contributed by atoms with E-state index >= 15 is 0 Å². The summed E-state index contributed by atoms with van der Waals surface area (Å²) in [7, 11) is 0. The third kappa shape index (κ3) is 6.43. The second-order valence-electron chi connectivity index (χ2n) is 13.7. The number of hydrogen-bond donors (Lipinski definition) is 1. The van der Waals surface area contributed by atoms with Crippen LogP contribution in [0.1, 0.15) is 49.1 Å². The molecule has 3 atom stereocenters. The van der Waals surface area contributed by atoms with Crippen LogP contribution in [0.2, 0.25) is 0 Å². The lowest BCUT2D eigenvalue weighted by molar-refractivity contribution is 0.546. The average molecular weight is 659 g/mol. The standard InChI is InChI=1S/C49H42N2/c1-4-5-14-37-27-28-50-48(37)30-35-23-25-36(26-24-35)34(3)51-49(47-32-39-16-7-9-18-41(39)43-20-11-13-22-45(43)47)29-33(2)46-31-38-15-6-8-17-40(38)42-19-10-12-21-44(42)46/h4,6-29,31-32,34,37,48,50H,30H2,1-3H3/b33-29+,51-49?. The molecule has 0 fully saturated rings. The SMILES string of the molecule is CC=C=CC1C=CNC1Cc1ccc(C(C)N=C(/C=C(\C)c2cc3ccccc3c3ccccc23)c2cc3ccccc3c3ccccc23)cc1. The van der Waals surface area contributed by atoms with Crippen LogP contribution in [0.15, 0.2) is 175 Å². The number of aliphatic imine (C=N–C) groups is 1. The molecule has 2 nitrogen and oxygen atoms in total. The van der Waals surface area contributed by atoms with E-state index in [0.717, 1.165) is 17.7 Å². The largest absolute Gasteiger partial charge is 0.387 e. The molecule has 7 aromatic rings. The number of nitrogens with one attached hydrogen (secondary N) is 1. The van der Waals surface area contributed by atoms with E-state index in [1.165, 1.54) is 65.4 Å². The summed E-state index contributed by atoms with van der Waals surface area (Å²) in [5, 5.41) is 13.5.